The summed E-state index contributed by atoms with van der Waals surface area (Å²) in [6.07, 6.45) is 0.257. The van der Waals surface area contributed by atoms with Crippen molar-refractivity contribution in [3.05, 3.63) is 34.4 Å². The van der Waals surface area contributed by atoms with Gasteiger partial charge < -0.3 is 15.5 Å². The van der Waals surface area contributed by atoms with Crippen LogP contribution in [0.15, 0.2) is 12.1 Å². The Morgan fingerprint density at radius 1 is 1.05 bits per heavy atom. The predicted molar refractivity (Wildman–Crippen MR) is 72.1 cm³/mol. The van der Waals surface area contributed by atoms with Crippen molar-refractivity contribution in [1.82, 2.24) is 5.32 Å². The molecule has 0 aliphatic carbocycles. The van der Waals surface area contributed by atoms with E-state index in [1.807, 2.05) is 0 Å². The van der Waals surface area contributed by atoms with Crippen LogP contribution in [0.2, 0.25) is 0 Å². The first kappa shape index (κ1) is 15.7. The van der Waals surface area contributed by atoms with Gasteiger partial charge >= 0.3 is 11.9 Å². The number of benzene rings is 1. The van der Waals surface area contributed by atoms with Gasteiger partial charge in [-0.3, -0.25) is 9.59 Å². The summed E-state index contributed by atoms with van der Waals surface area (Å²) in [5.41, 5.74) is 1.20. The number of aryl methyl sites for hydroxylation is 2. The fourth-order valence-corrected chi connectivity index (χ4v) is 1.91. The summed E-state index contributed by atoms with van der Waals surface area (Å²) >= 11 is 0. The van der Waals surface area contributed by atoms with E-state index >= 15 is 0 Å². The van der Waals surface area contributed by atoms with Gasteiger partial charge in [0.05, 0.1) is 11.1 Å². The van der Waals surface area contributed by atoms with E-state index in [1.165, 1.54) is 0 Å². The molecule has 0 atom stereocenters. The van der Waals surface area contributed by atoms with E-state index in [1.54, 1.807) is 26.0 Å². The second-order valence-corrected chi connectivity index (χ2v) is 4.51. The van der Waals surface area contributed by atoms with E-state index in [0.29, 0.717) is 17.5 Å². The standard InChI is InChI=1S/C14H17NO5/c1-8-5-6-9(2)12(14(19)20)11(8)13(18)15-7-3-4-10(16)17/h5-6H,3-4,7H2,1-2H3,(H,15,18)(H,16,17)(H,19,20). The number of hydrogen-bond donors (Lipinski definition) is 3. The Morgan fingerprint density at radius 2 is 1.60 bits per heavy atom. The molecule has 0 fully saturated rings. The highest BCUT2D eigenvalue weighted by atomic mass is 16.4. The van der Waals surface area contributed by atoms with Crippen LogP contribution in [0, 0.1) is 13.8 Å². The number of carbonyl (C=O) groups excluding carboxylic acids is 1. The molecule has 0 aliphatic rings. The molecule has 20 heavy (non-hydrogen) atoms. The largest absolute Gasteiger partial charge is 0.481 e. The topological polar surface area (TPSA) is 104 Å². The molecule has 0 aliphatic heterocycles. The lowest BCUT2D eigenvalue weighted by Crippen LogP contribution is -2.28. The summed E-state index contributed by atoms with van der Waals surface area (Å²) in [4.78, 5) is 33.7. The first-order valence-corrected chi connectivity index (χ1v) is 6.18. The SMILES string of the molecule is Cc1ccc(C)c(C(=O)NCCCC(=O)O)c1C(=O)O. The molecule has 0 saturated carbocycles. The van der Waals surface area contributed by atoms with Crippen LogP contribution in [-0.2, 0) is 4.79 Å². The fraction of sp³-hybridized carbons (Fsp3) is 0.357. The molecular formula is C14H17NO5. The van der Waals surface area contributed by atoms with Crippen molar-refractivity contribution in [3.63, 3.8) is 0 Å². The van der Waals surface area contributed by atoms with Crippen molar-refractivity contribution in [2.75, 3.05) is 6.54 Å². The van der Waals surface area contributed by atoms with Crippen LogP contribution in [0.5, 0.6) is 0 Å². The summed E-state index contributed by atoms with van der Waals surface area (Å²) in [6, 6.07) is 3.34. The van der Waals surface area contributed by atoms with Gasteiger partial charge in [-0.05, 0) is 31.4 Å². The Labute approximate surface area is 116 Å². The molecule has 0 unspecified atom stereocenters. The van der Waals surface area contributed by atoms with E-state index in [0.717, 1.165) is 0 Å². The zero-order valence-corrected chi connectivity index (χ0v) is 11.4. The second kappa shape index (κ2) is 6.70. The van der Waals surface area contributed by atoms with Crippen LogP contribution in [0.3, 0.4) is 0 Å². The molecule has 0 spiro atoms. The van der Waals surface area contributed by atoms with Gasteiger partial charge in [-0.25, -0.2) is 4.79 Å². The zero-order valence-electron chi connectivity index (χ0n) is 11.4. The Morgan fingerprint density at radius 3 is 2.10 bits per heavy atom. The van der Waals surface area contributed by atoms with Gasteiger partial charge in [-0.1, -0.05) is 12.1 Å². The van der Waals surface area contributed by atoms with Crippen molar-refractivity contribution in [2.24, 2.45) is 0 Å². The second-order valence-electron chi connectivity index (χ2n) is 4.51. The highest BCUT2D eigenvalue weighted by Crippen LogP contribution is 2.18. The molecule has 108 valence electrons. The first-order valence-electron chi connectivity index (χ1n) is 6.18. The van der Waals surface area contributed by atoms with Crippen molar-refractivity contribution in [2.45, 2.75) is 26.7 Å². The molecule has 1 aromatic rings. The Hall–Kier alpha value is -2.37. The number of aliphatic carboxylic acids is 1. The van der Waals surface area contributed by atoms with Crippen LogP contribution in [-0.4, -0.2) is 34.6 Å². The maximum atomic E-state index is 12.1. The number of carboxylic acid groups (broad SMARTS) is 2. The molecular weight excluding hydrogens is 262 g/mol. The van der Waals surface area contributed by atoms with Gasteiger partial charge in [0.15, 0.2) is 0 Å². The Kier molecular flexibility index (Phi) is 5.25. The normalized spacial score (nSPS) is 10.1. The maximum Gasteiger partial charge on any atom is 0.336 e. The highest BCUT2D eigenvalue weighted by molar-refractivity contribution is 6.06. The van der Waals surface area contributed by atoms with Crippen LogP contribution < -0.4 is 5.32 Å². The van der Waals surface area contributed by atoms with Crippen LogP contribution in [0.1, 0.15) is 44.7 Å². The average molecular weight is 279 g/mol. The van der Waals surface area contributed by atoms with Crippen molar-refractivity contribution < 1.29 is 24.6 Å². The summed E-state index contributed by atoms with van der Waals surface area (Å²) in [6.45, 7) is 3.49. The summed E-state index contributed by atoms with van der Waals surface area (Å²) in [5, 5.41) is 20.3. The van der Waals surface area contributed by atoms with E-state index in [4.69, 9.17) is 5.11 Å². The van der Waals surface area contributed by atoms with Gasteiger partial charge in [0.1, 0.15) is 0 Å². The number of carbonyl (C=O) groups is 3. The van der Waals surface area contributed by atoms with Gasteiger partial charge in [0.2, 0.25) is 0 Å². The van der Waals surface area contributed by atoms with Gasteiger partial charge in [0, 0.05) is 13.0 Å². The lowest BCUT2D eigenvalue weighted by atomic mass is 9.96. The number of aromatic carboxylic acids is 1. The van der Waals surface area contributed by atoms with Crippen molar-refractivity contribution in [1.29, 1.82) is 0 Å². The third-order valence-electron chi connectivity index (χ3n) is 2.92. The van der Waals surface area contributed by atoms with E-state index in [9.17, 15) is 19.5 Å². The molecule has 0 bridgehead atoms. The van der Waals surface area contributed by atoms with Crippen LogP contribution >= 0.6 is 0 Å². The Balaban J connectivity index is 2.90. The minimum Gasteiger partial charge on any atom is -0.481 e. The molecule has 0 aromatic heterocycles. The third kappa shape index (κ3) is 3.81. The van der Waals surface area contributed by atoms with E-state index in [-0.39, 0.29) is 24.1 Å². The minimum atomic E-state index is -1.15. The quantitative estimate of drug-likeness (QED) is 0.686. The molecule has 1 rings (SSSR count). The summed E-state index contributed by atoms with van der Waals surface area (Å²) in [7, 11) is 0. The summed E-state index contributed by atoms with van der Waals surface area (Å²) in [5.74, 6) is -2.58. The lowest BCUT2D eigenvalue weighted by molar-refractivity contribution is -0.137. The summed E-state index contributed by atoms with van der Waals surface area (Å²) < 4.78 is 0. The van der Waals surface area contributed by atoms with Crippen molar-refractivity contribution >= 4 is 17.8 Å². The molecule has 0 heterocycles. The van der Waals surface area contributed by atoms with E-state index < -0.39 is 17.8 Å². The molecule has 0 radical (unpaired) electrons. The molecule has 1 amide bonds. The predicted octanol–water partition coefficient (Wildman–Crippen LogP) is 1.60. The van der Waals surface area contributed by atoms with Crippen LogP contribution in [0.4, 0.5) is 0 Å². The van der Waals surface area contributed by atoms with Crippen molar-refractivity contribution in [3.8, 4) is 0 Å². The van der Waals surface area contributed by atoms with E-state index in [2.05, 4.69) is 5.32 Å². The molecule has 1 aromatic carbocycles. The fourth-order valence-electron chi connectivity index (χ4n) is 1.91. The smallest absolute Gasteiger partial charge is 0.336 e. The number of nitrogens with one attached hydrogen (secondary N) is 1. The Bertz CT molecular complexity index is 551. The maximum absolute atomic E-state index is 12.1. The molecule has 3 N–H and O–H groups in total. The monoisotopic (exact) mass is 279 g/mol. The molecule has 0 saturated heterocycles. The number of carboxylic acids is 2. The van der Waals surface area contributed by atoms with Gasteiger partial charge in [-0.15, -0.1) is 0 Å². The lowest BCUT2D eigenvalue weighted by Gasteiger charge is -2.12. The van der Waals surface area contributed by atoms with Gasteiger partial charge in [0.25, 0.3) is 5.91 Å². The molecule has 6 heteroatoms. The highest BCUT2D eigenvalue weighted by Gasteiger charge is 2.20. The first-order chi connectivity index (χ1) is 9.34. The van der Waals surface area contributed by atoms with Crippen LogP contribution in [0.25, 0.3) is 0 Å². The average Bonchev–Trinajstić information content (AvgIpc) is 2.36. The number of hydrogen-bond acceptors (Lipinski definition) is 3. The third-order valence-corrected chi connectivity index (χ3v) is 2.92. The van der Waals surface area contributed by atoms with Gasteiger partial charge in [-0.2, -0.15) is 0 Å². The number of rotatable bonds is 6. The zero-order chi connectivity index (χ0) is 15.3. The number of amides is 1. The molecule has 6 nitrogen and oxygen atoms in total. The minimum absolute atomic E-state index is 0.0132.